The van der Waals surface area contributed by atoms with Gasteiger partial charge in [-0.15, -0.1) is 0 Å². The quantitative estimate of drug-likeness (QED) is 0.249. The molecule has 0 aliphatic heterocycles. The maximum Gasteiger partial charge on any atom is 0.337 e. The topological polar surface area (TPSA) is 71.0 Å². The standard InChI is InChI=1S/C14H23NO4/c1-10(2)18-12(16)11(3)8-7-9-15-13(17)19-14(4,5)6/h7-8,10H,3,9H2,1-2,4-6H3,(H,15,17)/p-1/b8-7-. The lowest BCUT2D eigenvalue weighted by Gasteiger charge is -2.29. The fourth-order valence-electron chi connectivity index (χ4n) is 0.974. The summed E-state index contributed by atoms with van der Waals surface area (Å²) < 4.78 is 9.94. The van der Waals surface area contributed by atoms with E-state index in [-0.39, 0.29) is 18.2 Å². The van der Waals surface area contributed by atoms with E-state index < -0.39 is 17.7 Å². The summed E-state index contributed by atoms with van der Waals surface area (Å²) in [4.78, 5) is 15.0. The van der Waals surface area contributed by atoms with Gasteiger partial charge in [0.25, 0.3) is 0 Å². The molecule has 0 saturated heterocycles. The average molecular weight is 268 g/mol. The Morgan fingerprint density at radius 3 is 2.47 bits per heavy atom. The summed E-state index contributed by atoms with van der Waals surface area (Å²) in [7, 11) is 0. The monoisotopic (exact) mass is 268 g/mol. The molecule has 5 nitrogen and oxygen atoms in total. The molecule has 0 aromatic carbocycles. The maximum absolute atomic E-state index is 11.4. The third-order valence-electron chi connectivity index (χ3n) is 1.64. The van der Waals surface area contributed by atoms with Gasteiger partial charge in [-0.1, -0.05) is 39.5 Å². The number of carbonyl (C=O) groups excluding carboxylic acids is 1. The molecule has 108 valence electrons. The molecule has 0 saturated carbocycles. The van der Waals surface area contributed by atoms with Crippen LogP contribution < -0.4 is 5.11 Å². The SMILES string of the molecule is C=C(/C=C\CN=C([O-])OC(C)(C)C)C(=O)OC(C)C. The molecule has 0 atom stereocenters. The summed E-state index contributed by atoms with van der Waals surface area (Å²) in [6.45, 7) is 12.5. The molecule has 0 spiro atoms. The van der Waals surface area contributed by atoms with Crippen LogP contribution in [0.25, 0.3) is 0 Å². The van der Waals surface area contributed by atoms with E-state index in [9.17, 15) is 9.90 Å². The summed E-state index contributed by atoms with van der Waals surface area (Å²) in [6, 6.07) is 0. The molecule has 0 bridgehead atoms. The van der Waals surface area contributed by atoms with Crippen LogP contribution in [-0.2, 0) is 14.3 Å². The first-order valence-electron chi connectivity index (χ1n) is 6.08. The maximum atomic E-state index is 11.4. The minimum atomic E-state index is -0.632. The first-order chi connectivity index (χ1) is 8.61. The van der Waals surface area contributed by atoms with Crippen LogP contribution >= 0.6 is 0 Å². The number of rotatable bonds is 5. The molecule has 0 amide bonds. The van der Waals surface area contributed by atoms with E-state index in [1.807, 2.05) is 0 Å². The van der Waals surface area contributed by atoms with E-state index in [0.717, 1.165) is 0 Å². The van der Waals surface area contributed by atoms with Crippen molar-refractivity contribution in [3.8, 4) is 0 Å². The van der Waals surface area contributed by atoms with E-state index in [2.05, 4.69) is 11.6 Å². The second-order valence-corrected chi connectivity index (χ2v) is 5.20. The van der Waals surface area contributed by atoms with Crippen molar-refractivity contribution in [2.45, 2.75) is 46.3 Å². The minimum absolute atomic E-state index is 0.128. The predicted octanol–water partition coefficient (Wildman–Crippen LogP) is 1.58. The summed E-state index contributed by atoms with van der Waals surface area (Å²) in [5.41, 5.74) is -0.345. The van der Waals surface area contributed by atoms with Crippen molar-refractivity contribution >= 4 is 12.1 Å². The smallest absolute Gasteiger partial charge is 0.337 e. The number of hydrogen-bond donors (Lipinski definition) is 0. The van der Waals surface area contributed by atoms with E-state index in [1.165, 1.54) is 6.08 Å². The molecular weight excluding hydrogens is 246 g/mol. The Balaban J connectivity index is 4.19. The van der Waals surface area contributed by atoms with Crippen LogP contribution in [0.2, 0.25) is 0 Å². The van der Waals surface area contributed by atoms with Crippen LogP contribution in [0.3, 0.4) is 0 Å². The van der Waals surface area contributed by atoms with Crippen molar-refractivity contribution in [2.75, 3.05) is 6.54 Å². The van der Waals surface area contributed by atoms with Gasteiger partial charge < -0.3 is 14.6 Å². The highest BCUT2D eigenvalue weighted by atomic mass is 16.6. The Bertz CT molecular complexity index is 375. The molecule has 19 heavy (non-hydrogen) atoms. The van der Waals surface area contributed by atoms with Gasteiger partial charge in [0.05, 0.1) is 18.2 Å². The van der Waals surface area contributed by atoms with E-state index in [4.69, 9.17) is 9.47 Å². The summed E-state index contributed by atoms with van der Waals surface area (Å²) >= 11 is 0. The highest BCUT2D eigenvalue weighted by Crippen LogP contribution is 2.05. The molecule has 0 aliphatic carbocycles. The highest BCUT2D eigenvalue weighted by molar-refractivity contribution is 5.90. The molecular formula is C14H22NO4-. The van der Waals surface area contributed by atoms with Gasteiger partial charge in [0.1, 0.15) is 6.08 Å². The first-order valence-corrected chi connectivity index (χ1v) is 6.08. The minimum Gasteiger partial charge on any atom is -0.595 e. The fourth-order valence-corrected chi connectivity index (χ4v) is 0.974. The van der Waals surface area contributed by atoms with Crippen LogP contribution in [0.5, 0.6) is 0 Å². The highest BCUT2D eigenvalue weighted by Gasteiger charge is 2.06. The largest absolute Gasteiger partial charge is 0.595 e. The molecule has 0 aromatic rings. The van der Waals surface area contributed by atoms with Crippen molar-refractivity contribution in [1.29, 1.82) is 0 Å². The van der Waals surface area contributed by atoms with E-state index in [0.29, 0.717) is 0 Å². The Morgan fingerprint density at radius 1 is 1.42 bits per heavy atom. The lowest BCUT2D eigenvalue weighted by molar-refractivity contribution is -0.260. The van der Waals surface area contributed by atoms with Crippen LogP contribution in [0.15, 0.2) is 29.3 Å². The van der Waals surface area contributed by atoms with Crippen LogP contribution in [0.4, 0.5) is 0 Å². The second kappa shape index (κ2) is 7.61. The van der Waals surface area contributed by atoms with Crippen molar-refractivity contribution in [3.05, 3.63) is 24.3 Å². The Hall–Kier alpha value is -1.78. The number of hydrogen-bond acceptors (Lipinski definition) is 5. The molecule has 0 N–H and O–H groups in total. The van der Waals surface area contributed by atoms with Crippen molar-refractivity contribution in [2.24, 2.45) is 4.99 Å². The van der Waals surface area contributed by atoms with Crippen LogP contribution in [0, 0.1) is 0 Å². The summed E-state index contributed by atoms with van der Waals surface area (Å²) in [5, 5.41) is 11.2. The molecule has 0 unspecified atom stereocenters. The van der Waals surface area contributed by atoms with Gasteiger partial charge >= 0.3 is 5.97 Å². The van der Waals surface area contributed by atoms with Crippen LogP contribution in [0.1, 0.15) is 34.6 Å². The molecule has 0 heterocycles. The van der Waals surface area contributed by atoms with E-state index in [1.54, 1.807) is 40.7 Å². The molecule has 0 fully saturated rings. The van der Waals surface area contributed by atoms with Gasteiger partial charge in [-0.3, -0.25) is 4.99 Å². The third kappa shape index (κ3) is 9.88. The zero-order valence-electron chi connectivity index (χ0n) is 12.2. The molecule has 0 radical (unpaired) electrons. The van der Waals surface area contributed by atoms with Crippen molar-refractivity contribution in [3.63, 3.8) is 0 Å². The molecule has 5 heteroatoms. The van der Waals surface area contributed by atoms with Gasteiger partial charge in [-0.2, -0.15) is 0 Å². The normalized spacial score (nSPS) is 12.8. The van der Waals surface area contributed by atoms with E-state index >= 15 is 0 Å². The summed E-state index contributed by atoms with van der Waals surface area (Å²) in [5.74, 6) is -0.483. The lowest BCUT2D eigenvalue weighted by atomic mass is 10.2. The van der Waals surface area contributed by atoms with Gasteiger partial charge in [-0.05, 0) is 13.8 Å². The van der Waals surface area contributed by atoms with Gasteiger partial charge in [0.15, 0.2) is 0 Å². The van der Waals surface area contributed by atoms with Gasteiger partial charge in [0.2, 0.25) is 0 Å². The molecule has 0 aromatic heterocycles. The zero-order chi connectivity index (χ0) is 15.1. The molecule has 0 rings (SSSR count). The number of aliphatic imine (C=N–C) groups is 1. The fraction of sp³-hybridized carbons (Fsp3) is 0.571. The number of esters is 1. The second-order valence-electron chi connectivity index (χ2n) is 5.20. The first kappa shape index (κ1) is 17.2. The molecule has 0 aliphatic rings. The number of ether oxygens (including phenoxy) is 2. The third-order valence-corrected chi connectivity index (χ3v) is 1.64. The predicted molar refractivity (Wildman–Crippen MR) is 72.6 cm³/mol. The van der Waals surface area contributed by atoms with Crippen molar-refractivity contribution in [1.82, 2.24) is 0 Å². The Morgan fingerprint density at radius 2 is 2.00 bits per heavy atom. The average Bonchev–Trinajstić information content (AvgIpc) is 2.20. The van der Waals surface area contributed by atoms with Gasteiger partial charge in [0, 0.05) is 5.60 Å². The Labute approximate surface area is 114 Å². The number of nitrogens with zero attached hydrogens (tertiary/aromatic N) is 1. The van der Waals surface area contributed by atoms with Crippen LogP contribution in [-0.4, -0.2) is 30.3 Å². The number of carbonyl (C=O) groups is 1. The Kier molecular flexibility index (Phi) is 6.90. The zero-order valence-corrected chi connectivity index (χ0v) is 12.2. The summed E-state index contributed by atoms with van der Waals surface area (Å²) in [6.07, 6.45) is 2.20. The lowest BCUT2D eigenvalue weighted by Crippen LogP contribution is -2.31. The van der Waals surface area contributed by atoms with Gasteiger partial charge in [-0.25, -0.2) is 4.79 Å². The van der Waals surface area contributed by atoms with Crippen molar-refractivity contribution < 1.29 is 19.4 Å².